The smallest absolute Gasteiger partial charge is 0.251 e. The number of nitrogens with zero attached hydrogens (tertiary/aromatic N) is 3. The number of carbonyl (C=O) groups excluding carboxylic acids is 1. The first-order valence-electron chi connectivity index (χ1n) is 4.91. The zero-order valence-corrected chi connectivity index (χ0v) is 9.65. The Kier molecular flexibility index (Phi) is 3.85. The average Bonchev–Trinajstić information content (AvgIpc) is 2.57. The lowest BCUT2D eigenvalue weighted by Crippen LogP contribution is -2.27. The zero-order valence-electron chi connectivity index (χ0n) is 9.65. The highest BCUT2D eigenvalue weighted by molar-refractivity contribution is 5.77. The lowest BCUT2D eigenvalue weighted by atomic mass is 10.2. The third-order valence-electron chi connectivity index (χ3n) is 2.35. The van der Waals surface area contributed by atoms with Crippen molar-refractivity contribution >= 4 is 5.91 Å². The predicted octanol–water partition coefficient (Wildman–Crippen LogP) is 0.545. The number of carbonyl (C=O) groups is 1. The van der Waals surface area contributed by atoms with Gasteiger partial charge in [-0.1, -0.05) is 6.92 Å². The Morgan fingerprint density at radius 2 is 2.33 bits per heavy atom. The van der Waals surface area contributed by atoms with Gasteiger partial charge in [-0.2, -0.15) is 5.10 Å². The summed E-state index contributed by atoms with van der Waals surface area (Å²) < 4.78 is 1.80. The lowest BCUT2D eigenvalue weighted by Gasteiger charge is -2.12. The number of amides is 1. The first kappa shape index (κ1) is 11.7. The summed E-state index contributed by atoms with van der Waals surface area (Å²) >= 11 is 0. The van der Waals surface area contributed by atoms with Gasteiger partial charge in [-0.3, -0.25) is 14.3 Å². The molecule has 0 aliphatic rings. The first-order valence-corrected chi connectivity index (χ1v) is 4.91. The van der Waals surface area contributed by atoms with E-state index in [-0.39, 0.29) is 12.3 Å². The SMILES string of the molecule is CCc1cc(CC(=O)N(C)OC)nn1C. The Morgan fingerprint density at radius 1 is 1.67 bits per heavy atom. The molecule has 0 aromatic carbocycles. The maximum atomic E-state index is 11.5. The van der Waals surface area contributed by atoms with Crippen molar-refractivity contribution in [1.29, 1.82) is 0 Å². The fourth-order valence-corrected chi connectivity index (χ4v) is 1.36. The molecule has 0 atom stereocenters. The molecule has 5 heteroatoms. The fourth-order valence-electron chi connectivity index (χ4n) is 1.36. The van der Waals surface area contributed by atoms with Crippen molar-refractivity contribution in [1.82, 2.24) is 14.8 Å². The van der Waals surface area contributed by atoms with Crippen molar-refractivity contribution in [3.8, 4) is 0 Å². The number of rotatable bonds is 4. The number of aromatic nitrogens is 2. The van der Waals surface area contributed by atoms with E-state index >= 15 is 0 Å². The third kappa shape index (κ3) is 2.79. The molecule has 1 rings (SSSR count). The van der Waals surface area contributed by atoms with Gasteiger partial charge in [-0.15, -0.1) is 0 Å². The van der Waals surface area contributed by atoms with Crippen LogP contribution in [0.15, 0.2) is 6.07 Å². The Balaban J connectivity index is 2.68. The third-order valence-corrected chi connectivity index (χ3v) is 2.35. The number of likely N-dealkylation sites (N-methyl/N-ethyl adjacent to an activating group) is 1. The molecule has 0 bridgehead atoms. The van der Waals surface area contributed by atoms with Crippen LogP contribution in [-0.4, -0.2) is 34.9 Å². The highest BCUT2D eigenvalue weighted by atomic mass is 16.7. The fraction of sp³-hybridized carbons (Fsp3) is 0.600. The van der Waals surface area contributed by atoms with Crippen LogP contribution in [0.4, 0.5) is 0 Å². The van der Waals surface area contributed by atoms with Gasteiger partial charge in [0.1, 0.15) is 0 Å². The van der Waals surface area contributed by atoms with E-state index in [2.05, 4.69) is 12.0 Å². The molecule has 0 radical (unpaired) electrons. The van der Waals surface area contributed by atoms with Crippen LogP contribution in [0.1, 0.15) is 18.3 Å². The van der Waals surface area contributed by atoms with E-state index in [0.717, 1.165) is 17.8 Å². The van der Waals surface area contributed by atoms with Gasteiger partial charge >= 0.3 is 0 Å². The Morgan fingerprint density at radius 3 is 2.80 bits per heavy atom. The molecule has 0 fully saturated rings. The van der Waals surface area contributed by atoms with Crippen LogP contribution in [0.3, 0.4) is 0 Å². The summed E-state index contributed by atoms with van der Waals surface area (Å²) in [7, 11) is 4.94. The quantitative estimate of drug-likeness (QED) is 0.683. The number of hydrogen-bond acceptors (Lipinski definition) is 3. The van der Waals surface area contributed by atoms with Crippen LogP contribution >= 0.6 is 0 Å². The molecule has 5 nitrogen and oxygen atoms in total. The molecule has 1 amide bonds. The second kappa shape index (κ2) is 4.93. The molecule has 0 N–H and O–H groups in total. The van der Waals surface area contributed by atoms with Crippen LogP contribution in [0.25, 0.3) is 0 Å². The molecule has 1 aromatic rings. The van der Waals surface area contributed by atoms with Crippen molar-refractivity contribution < 1.29 is 9.63 Å². The van der Waals surface area contributed by atoms with E-state index in [9.17, 15) is 4.79 Å². The monoisotopic (exact) mass is 211 g/mol. The van der Waals surface area contributed by atoms with E-state index in [4.69, 9.17) is 4.84 Å². The maximum Gasteiger partial charge on any atom is 0.251 e. The lowest BCUT2D eigenvalue weighted by molar-refractivity contribution is -0.167. The molecule has 0 saturated carbocycles. The van der Waals surface area contributed by atoms with Crippen molar-refractivity contribution in [3.05, 3.63) is 17.5 Å². The zero-order chi connectivity index (χ0) is 11.4. The minimum atomic E-state index is -0.0988. The average molecular weight is 211 g/mol. The van der Waals surface area contributed by atoms with Crippen LogP contribution < -0.4 is 0 Å². The molecule has 0 spiro atoms. The highest BCUT2D eigenvalue weighted by Crippen LogP contribution is 2.05. The van der Waals surface area contributed by atoms with Gasteiger partial charge in [-0.05, 0) is 12.5 Å². The molecular weight excluding hydrogens is 194 g/mol. The van der Waals surface area contributed by atoms with Gasteiger partial charge in [0.05, 0.1) is 19.2 Å². The largest absolute Gasteiger partial charge is 0.275 e. The molecule has 0 aliphatic heterocycles. The maximum absolute atomic E-state index is 11.5. The van der Waals surface area contributed by atoms with E-state index in [1.165, 1.54) is 12.2 Å². The standard InChI is InChI=1S/C10H17N3O2/c1-5-9-6-8(11-12(9)2)7-10(14)13(3)15-4/h6H,5,7H2,1-4H3. The normalized spacial score (nSPS) is 10.4. The van der Waals surface area contributed by atoms with Crippen LogP contribution in [0, 0.1) is 0 Å². The van der Waals surface area contributed by atoms with E-state index in [0.29, 0.717) is 0 Å². The predicted molar refractivity (Wildman–Crippen MR) is 56.1 cm³/mol. The topological polar surface area (TPSA) is 47.4 Å². The highest BCUT2D eigenvalue weighted by Gasteiger charge is 2.12. The summed E-state index contributed by atoms with van der Waals surface area (Å²) in [4.78, 5) is 16.3. The van der Waals surface area contributed by atoms with Crippen molar-refractivity contribution in [3.63, 3.8) is 0 Å². The molecule has 1 heterocycles. The molecule has 0 unspecified atom stereocenters. The van der Waals surface area contributed by atoms with Gasteiger partial charge < -0.3 is 0 Å². The van der Waals surface area contributed by atoms with Gasteiger partial charge in [0.15, 0.2) is 0 Å². The minimum absolute atomic E-state index is 0.0988. The molecule has 1 aromatic heterocycles. The summed E-state index contributed by atoms with van der Waals surface area (Å²) in [6, 6.07) is 1.95. The van der Waals surface area contributed by atoms with Gasteiger partial charge in [0.2, 0.25) is 0 Å². The van der Waals surface area contributed by atoms with E-state index in [1.807, 2.05) is 13.1 Å². The molecule has 0 saturated heterocycles. The molecular formula is C10H17N3O2. The van der Waals surface area contributed by atoms with Gasteiger partial charge in [0.25, 0.3) is 5.91 Å². The minimum Gasteiger partial charge on any atom is -0.275 e. The van der Waals surface area contributed by atoms with E-state index in [1.54, 1.807) is 11.7 Å². The molecule has 15 heavy (non-hydrogen) atoms. The number of hydrogen-bond donors (Lipinski definition) is 0. The summed E-state index contributed by atoms with van der Waals surface area (Å²) in [5.41, 5.74) is 1.90. The second-order valence-electron chi connectivity index (χ2n) is 3.35. The summed E-state index contributed by atoms with van der Waals surface area (Å²) in [5.74, 6) is -0.0988. The molecule has 84 valence electrons. The van der Waals surface area contributed by atoms with Crippen LogP contribution in [-0.2, 0) is 29.5 Å². The van der Waals surface area contributed by atoms with E-state index < -0.39 is 0 Å². The van der Waals surface area contributed by atoms with Gasteiger partial charge in [0, 0.05) is 19.8 Å². The number of aryl methyl sites for hydroxylation is 2. The second-order valence-corrected chi connectivity index (χ2v) is 3.35. The first-order chi connectivity index (χ1) is 7.08. The van der Waals surface area contributed by atoms with Crippen LogP contribution in [0.5, 0.6) is 0 Å². The summed E-state index contributed by atoms with van der Waals surface area (Å²) in [6.07, 6.45) is 1.19. The van der Waals surface area contributed by atoms with Crippen LogP contribution in [0.2, 0.25) is 0 Å². The summed E-state index contributed by atoms with van der Waals surface area (Å²) in [6.45, 7) is 2.06. The summed E-state index contributed by atoms with van der Waals surface area (Å²) in [5, 5.41) is 5.46. The Hall–Kier alpha value is -1.36. The van der Waals surface area contributed by atoms with Crippen molar-refractivity contribution in [2.24, 2.45) is 7.05 Å². The van der Waals surface area contributed by atoms with Crippen molar-refractivity contribution in [2.75, 3.05) is 14.2 Å². The van der Waals surface area contributed by atoms with Crippen molar-refractivity contribution in [2.45, 2.75) is 19.8 Å². The van der Waals surface area contributed by atoms with Gasteiger partial charge in [-0.25, -0.2) is 5.06 Å². The Labute approximate surface area is 89.6 Å². The molecule has 0 aliphatic carbocycles. The number of hydroxylamine groups is 2. The Bertz CT molecular complexity index is 346.